The fourth-order valence-corrected chi connectivity index (χ4v) is 2.65. The molecule has 0 aliphatic heterocycles. The van der Waals surface area contributed by atoms with Crippen LogP contribution in [0.15, 0.2) is 63.8 Å². The number of nitrogens with one attached hydrogen (secondary N) is 1. The molecule has 128 valence electrons. The van der Waals surface area contributed by atoms with Crippen molar-refractivity contribution in [2.75, 3.05) is 19.0 Å². The quantitative estimate of drug-likeness (QED) is 0.671. The van der Waals surface area contributed by atoms with E-state index in [9.17, 15) is 14.7 Å². The maximum atomic E-state index is 11.9. The maximum absolute atomic E-state index is 11.9. The summed E-state index contributed by atoms with van der Waals surface area (Å²) >= 11 is 0. The first-order valence-electron chi connectivity index (χ1n) is 7.70. The second kappa shape index (κ2) is 7.19. The molecule has 0 amide bonds. The van der Waals surface area contributed by atoms with Crippen LogP contribution in [0.25, 0.3) is 22.1 Å². The summed E-state index contributed by atoms with van der Waals surface area (Å²) in [6, 6.07) is 15.3. The van der Waals surface area contributed by atoms with Gasteiger partial charge in [-0.25, -0.2) is 9.59 Å². The summed E-state index contributed by atoms with van der Waals surface area (Å²) < 4.78 is 10.2. The Hall–Kier alpha value is -3.12. The number of benzene rings is 2. The zero-order valence-corrected chi connectivity index (χ0v) is 13.6. The normalized spacial score (nSPS) is 12.0. The van der Waals surface area contributed by atoms with Crippen LogP contribution in [0, 0.1) is 0 Å². The summed E-state index contributed by atoms with van der Waals surface area (Å²) in [5, 5.41) is 12.8. The molecule has 0 radical (unpaired) electrons. The molecule has 0 bridgehead atoms. The SMILES string of the molecule is COC[C@H](Nc1ccc2c(-c3ccccc3)cc(=O)oc2c1)C(=O)O. The van der Waals surface area contributed by atoms with E-state index >= 15 is 0 Å². The molecule has 0 aliphatic carbocycles. The maximum Gasteiger partial charge on any atom is 0.336 e. The standard InChI is InChI=1S/C19H17NO5/c1-24-11-16(19(22)23)20-13-7-8-14-15(12-5-3-2-4-6-12)10-18(21)25-17(14)9-13/h2-10,16,20H,11H2,1H3,(H,22,23)/t16-/m0/s1. The molecule has 0 saturated carbocycles. The van der Waals surface area contributed by atoms with Crippen molar-refractivity contribution < 1.29 is 19.1 Å². The molecule has 2 aromatic carbocycles. The van der Waals surface area contributed by atoms with E-state index in [4.69, 9.17) is 9.15 Å². The van der Waals surface area contributed by atoms with Gasteiger partial charge in [0, 0.05) is 30.3 Å². The van der Waals surface area contributed by atoms with Crippen molar-refractivity contribution in [1.29, 1.82) is 0 Å². The lowest BCUT2D eigenvalue weighted by Crippen LogP contribution is -2.33. The first kappa shape index (κ1) is 16.7. The molecule has 2 N–H and O–H groups in total. The second-order valence-electron chi connectivity index (χ2n) is 5.55. The lowest BCUT2D eigenvalue weighted by atomic mass is 10.0. The van der Waals surface area contributed by atoms with E-state index in [1.807, 2.05) is 30.3 Å². The van der Waals surface area contributed by atoms with Gasteiger partial charge in [0.1, 0.15) is 11.6 Å². The molecule has 1 atom stereocenters. The Morgan fingerprint density at radius 2 is 1.96 bits per heavy atom. The highest BCUT2D eigenvalue weighted by molar-refractivity contribution is 5.94. The van der Waals surface area contributed by atoms with Crippen LogP contribution in [0.2, 0.25) is 0 Å². The zero-order valence-electron chi connectivity index (χ0n) is 13.6. The number of carbonyl (C=O) groups is 1. The number of methoxy groups -OCH3 is 1. The molecule has 0 saturated heterocycles. The fraction of sp³-hybridized carbons (Fsp3) is 0.158. The van der Waals surface area contributed by atoms with Gasteiger partial charge in [-0.3, -0.25) is 0 Å². The van der Waals surface area contributed by atoms with Gasteiger partial charge >= 0.3 is 11.6 Å². The van der Waals surface area contributed by atoms with Crippen LogP contribution < -0.4 is 10.9 Å². The number of ether oxygens (including phenoxy) is 1. The summed E-state index contributed by atoms with van der Waals surface area (Å²) in [4.78, 5) is 23.2. The summed E-state index contributed by atoms with van der Waals surface area (Å²) in [6.45, 7) is 0.0153. The highest BCUT2D eigenvalue weighted by Gasteiger charge is 2.17. The first-order chi connectivity index (χ1) is 12.1. The van der Waals surface area contributed by atoms with Crippen molar-refractivity contribution in [1.82, 2.24) is 0 Å². The van der Waals surface area contributed by atoms with E-state index in [-0.39, 0.29) is 6.61 Å². The number of fused-ring (bicyclic) bond motifs is 1. The molecule has 0 aliphatic rings. The van der Waals surface area contributed by atoms with Crippen molar-refractivity contribution in [2.24, 2.45) is 0 Å². The summed E-state index contributed by atoms with van der Waals surface area (Å²) in [6.07, 6.45) is 0. The third-order valence-corrected chi connectivity index (χ3v) is 3.80. The van der Waals surface area contributed by atoms with Gasteiger partial charge in [0.05, 0.1) is 6.61 Å². The van der Waals surface area contributed by atoms with E-state index in [0.29, 0.717) is 11.3 Å². The van der Waals surface area contributed by atoms with E-state index < -0.39 is 17.6 Å². The Kier molecular flexibility index (Phi) is 4.81. The Bertz CT molecular complexity index is 949. The van der Waals surface area contributed by atoms with Crippen molar-refractivity contribution in [3.8, 4) is 11.1 Å². The number of carboxylic acids is 1. The highest BCUT2D eigenvalue weighted by Crippen LogP contribution is 2.29. The van der Waals surface area contributed by atoms with Gasteiger partial charge in [-0.05, 0) is 23.3 Å². The molecule has 0 unspecified atom stereocenters. The third kappa shape index (κ3) is 3.70. The summed E-state index contributed by atoms with van der Waals surface area (Å²) in [5.74, 6) is -1.03. The van der Waals surface area contributed by atoms with Crippen molar-refractivity contribution in [3.63, 3.8) is 0 Å². The molecule has 25 heavy (non-hydrogen) atoms. The lowest BCUT2D eigenvalue weighted by Gasteiger charge is -2.15. The van der Waals surface area contributed by atoms with Gasteiger partial charge in [-0.1, -0.05) is 30.3 Å². The summed E-state index contributed by atoms with van der Waals surface area (Å²) in [7, 11) is 1.43. The van der Waals surface area contributed by atoms with Gasteiger partial charge < -0.3 is 19.6 Å². The Balaban J connectivity index is 2.04. The van der Waals surface area contributed by atoms with Crippen LogP contribution in [0.3, 0.4) is 0 Å². The van der Waals surface area contributed by atoms with Gasteiger partial charge in [-0.15, -0.1) is 0 Å². The molecule has 6 heteroatoms. The number of carboxylic acid groups (broad SMARTS) is 1. The topological polar surface area (TPSA) is 88.8 Å². The van der Waals surface area contributed by atoms with Crippen molar-refractivity contribution >= 4 is 22.6 Å². The van der Waals surface area contributed by atoms with Crippen LogP contribution in [0.1, 0.15) is 0 Å². The fourth-order valence-electron chi connectivity index (χ4n) is 2.65. The number of rotatable bonds is 6. The number of hydrogen-bond donors (Lipinski definition) is 2. The monoisotopic (exact) mass is 339 g/mol. The van der Waals surface area contributed by atoms with E-state index in [1.54, 1.807) is 18.2 Å². The largest absolute Gasteiger partial charge is 0.480 e. The Morgan fingerprint density at radius 3 is 2.64 bits per heavy atom. The van der Waals surface area contributed by atoms with Gasteiger partial charge in [0.15, 0.2) is 0 Å². The van der Waals surface area contributed by atoms with Crippen LogP contribution in [0.5, 0.6) is 0 Å². The third-order valence-electron chi connectivity index (χ3n) is 3.80. The Labute approximate surface area is 143 Å². The molecular formula is C19H17NO5. The minimum absolute atomic E-state index is 0.0153. The Morgan fingerprint density at radius 1 is 1.20 bits per heavy atom. The predicted octanol–water partition coefficient (Wildman–Crippen LogP) is 2.97. The number of aliphatic carboxylic acids is 1. The number of hydrogen-bond acceptors (Lipinski definition) is 5. The second-order valence-corrected chi connectivity index (χ2v) is 5.55. The van der Waals surface area contributed by atoms with Gasteiger partial charge in [0.25, 0.3) is 0 Å². The average molecular weight is 339 g/mol. The number of anilines is 1. The van der Waals surface area contributed by atoms with Crippen LogP contribution in [-0.4, -0.2) is 30.8 Å². The van der Waals surface area contributed by atoms with Crippen molar-refractivity contribution in [2.45, 2.75) is 6.04 Å². The van der Waals surface area contributed by atoms with Gasteiger partial charge in [0.2, 0.25) is 0 Å². The van der Waals surface area contributed by atoms with Crippen LogP contribution in [0.4, 0.5) is 5.69 Å². The van der Waals surface area contributed by atoms with E-state index in [1.165, 1.54) is 13.2 Å². The molecular weight excluding hydrogens is 322 g/mol. The minimum Gasteiger partial charge on any atom is -0.480 e. The van der Waals surface area contributed by atoms with E-state index in [2.05, 4.69) is 5.32 Å². The van der Waals surface area contributed by atoms with Gasteiger partial charge in [-0.2, -0.15) is 0 Å². The average Bonchev–Trinajstić information content (AvgIpc) is 2.61. The minimum atomic E-state index is -1.03. The zero-order chi connectivity index (χ0) is 17.8. The molecule has 6 nitrogen and oxygen atoms in total. The van der Waals surface area contributed by atoms with Crippen LogP contribution >= 0.6 is 0 Å². The molecule has 0 fully saturated rings. The van der Waals surface area contributed by atoms with Crippen molar-refractivity contribution in [3.05, 3.63) is 65.0 Å². The lowest BCUT2D eigenvalue weighted by molar-refractivity contribution is -0.139. The first-order valence-corrected chi connectivity index (χ1v) is 7.70. The summed E-state index contributed by atoms with van der Waals surface area (Å²) in [5.41, 5.74) is 2.13. The highest BCUT2D eigenvalue weighted by atomic mass is 16.5. The molecule has 3 rings (SSSR count). The van der Waals surface area contributed by atoms with E-state index in [0.717, 1.165) is 16.5 Å². The smallest absolute Gasteiger partial charge is 0.336 e. The predicted molar refractivity (Wildman–Crippen MR) is 94.8 cm³/mol. The molecule has 1 heterocycles. The molecule has 0 spiro atoms. The van der Waals surface area contributed by atoms with Crippen LogP contribution in [-0.2, 0) is 9.53 Å². The molecule has 1 aromatic heterocycles. The molecule has 3 aromatic rings.